The Morgan fingerprint density at radius 3 is 2.79 bits per heavy atom. The molecule has 0 saturated carbocycles. The van der Waals surface area contributed by atoms with Crippen molar-refractivity contribution >= 4 is 0 Å². The van der Waals surface area contributed by atoms with Crippen molar-refractivity contribution < 1.29 is 23.8 Å². The Bertz CT molecular complexity index is 623. The predicted molar refractivity (Wildman–Crippen MR) is 83.7 cm³/mol. The maximum Gasteiger partial charge on any atom is 0.189 e. The third-order valence-electron chi connectivity index (χ3n) is 5.44. The molecule has 6 nitrogen and oxygen atoms in total. The van der Waals surface area contributed by atoms with Gasteiger partial charge in [-0.15, -0.1) is 0 Å². The van der Waals surface area contributed by atoms with Crippen molar-refractivity contribution in [3.63, 3.8) is 0 Å². The van der Waals surface area contributed by atoms with Gasteiger partial charge >= 0.3 is 0 Å². The summed E-state index contributed by atoms with van der Waals surface area (Å²) >= 11 is 0. The maximum atomic E-state index is 6.26. The van der Waals surface area contributed by atoms with Crippen LogP contribution in [0, 0.1) is 0 Å². The highest BCUT2D eigenvalue weighted by Crippen LogP contribution is 2.52. The van der Waals surface area contributed by atoms with Gasteiger partial charge in [-0.2, -0.15) is 5.06 Å². The Labute approximate surface area is 141 Å². The van der Waals surface area contributed by atoms with Crippen molar-refractivity contribution in [2.45, 2.75) is 62.7 Å². The molecule has 5 atom stereocenters. The first-order valence-electron chi connectivity index (χ1n) is 8.64. The number of hydrogen-bond donors (Lipinski definition) is 0. The Kier molecular flexibility index (Phi) is 3.33. The van der Waals surface area contributed by atoms with E-state index in [0.717, 1.165) is 6.42 Å². The highest BCUT2D eigenvalue weighted by Gasteiger charge is 2.70. The van der Waals surface area contributed by atoms with Crippen LogP contribution >= 0.6 is 0 Å². The van der Waals surface area contributed by atoms with Crippen LogP contribution in [0.4, 0.5) is 0 Å². The van der Waals surface area contributed by atoms with Crippen LogP contribution in [-0.4, -0.2) is 54.2 Å². The summed E-state index contributed by atoms with van der Waals surface area (Å²) < 4.78 is 24.2. The van der Waals surface area contributed by atoms with Crippen molar-refractivity contribution in [2.24, 2.45) is 0 Å². The van der Waals surface area contributed by atoms with E-state index < -0.39 is 5.79 Å². The van der Waals surface area contributed by atoms with Crippen LogP contribution in [0.5, 0.6) is 0 Å². The van der Waals surface area contributed by atoms with E-state index in [1.165, 1.54) is 5.56 Å². The van der Waals surface area contributed by atoms with Crippen molar-refractivity contribution in [2.75, 3.05) is 13.2 Å². The van der Waals surface area contributed by atoms with Crippen LogP contribution in [0.1, 0.15) is 25.8 Å². The van der Waals surface area contributed by atoms with Gasteiger partial charge in [0, 0.05) is 13.0 Å². The number of benzene rings is 1. The smallest absolute Gasteiger partial charge is 0.189 e. The van der Waals surface area contributed by atoms with E-state index in [9.17, 15) is 0 Å². The van der Waals surface area contributed by atoms with Crippen molar-refractivity contribution in [3.05, 3.63) is 35.9 Å². The minimum atomic E-state index is -0.640. The highest BCUT2D eigenvalue weighted by atomic mass is 16.8. The molecule has 2 bridgehead atoms. The first-order chi connectivity index (χ1) is 11.6. The van der Waals surface area contributed by atoms with E-state index in [-0.39, 0.29) is 30.1 Å². The lowest BCUT2D eigenvalue weighted by Crippen LogP contribution is -2.58. The van der Waals surface area contributed by atoms with Gasteiger partial charge in [0.15, 0.2) is 12.1 Å². The van der Waals surface area contributed by atoms with Gasteiger partial charge < -0.3 is 18.9 Å². The Hall–Kier alpha value is -1.02. The van der Waals surface area contributed by atoms with E-state index in [1.54, 1.807) is 0 Å². The quantitative estimate of drug-likeness (QED) is 0.823. The summed E-state index contributed by atoms with van der Waals surface area (Å²) in [6.07, 6.45) is 0.221. The maximum absolute atomic E-state index is 6.26. The molecular weight excluding hydrogens is 310 g/mol. The van der Waals surface area contributed by atoms with Crippen molar-refractivity contribution in [3.8, 4) is 0 Å². The molecule has 130 valence electrons. The Morgan fingerprint density at radius 2 is 1.96 bits per heavy atom. The molecule has 4 heterocycles. The van der Waals surface area contributed by atoms with Crippen LogP contribution < -0.4 is 0 Å². The van der Waals surface area contributed by atoms with E-state index in [1.807, 2.05) is 32.0 Å². The molecule has 0 amide bonds. The van der Waals surface area contributed by atoms with E-state index in [4.69, 9.17) is 23.8 Å². The van der Waals surface area contributed by atoms with Crippen LogP contribution in [0.2, 0.25) is 0 Å². The van der Waals surface area contributed by atoms with Crippen LogP contribution in [0.3, 0.4) is 0 Å². The van der Waals surface area contributed by atoms with Gasteiger partial charge in [-0.3, -0.25) is 4.84 Å². The number of nitrogens with zero attached hydrogens (tertiary/aromatic N) is 1. The molecule has 0 radical (unpaired) electrons. The monoisotopic (exact) mass is 333 g/mol. The number of hydrogen-bond acceptors (Lipinski definition) is 6. The number of hydroxylamine groups is 2. The molecule has 1 aromatic rings. The molecule has 0 aliphatic carbocycles. The number of rotatable bonds is 2. The van der Waals surface area contributed by atoms with Gasteiger partial charge in [-0.1, -0.05) is 30.3 Å². The molecule has 4 aliphatic rings. The highest BCUT2D eigenvalue weighted by molar-refractivity contribution is 5.19. The zero-order valence-electron chi connectivity index (χ0n) is 14.0. The second-order valence-electron chi connectivity index (χ2n) is 7.53. The summed E-state index contributed by atoms with van der Waals surface area (Å²) in [6.45, 7) is 5.70. The second-order valence-corrected chi connectivity index (χ2v) is 7.53. The molecule has 24 heavy (non-hydrogen) atoms. The first-order valence-corrected chi connectivity index (χ1v) is 8.64. The minimum Gasteiger partial charge on any atom is -0.376 e. The standard InChI is InChI=1S/C18H23NO5/c1-17(2)22-15-16(23-17)21-14-11-20-10-13-8-18(14,15)19(24-13)9-12-6-4-3-5-7-12/h3-7,13-16H,8-11H2,1-2H3/t13-,14+,15-,16+,18+/m0/s1. The fourth-order valence-electron chi connectivity index (χ4n) is 4.48. The van der Waals surface area contributed by atoms with E-state index in [0.29, 0.717) is 19.8 Å². The molecule has 5 rings (SSSR count). The van der Waals surface area contributed by atoms with Gasteiger partial charge in [0.2, 0.25) is 0 Å². The summed E-state index contributed by atoms with van der Waals surface area (Å²) in [5.74, 6) is -0.640. The molecule has 0 aromatic heterocycles. The third kappa shape index (κ3) is 2.18. The van der Waals surface area contributed by atoms with E-state index in [2.05, 4.69) is 17.2 Å². The largest absolute Gasteiger partial charge is 0.376 e. The van der Waals surface area contributed by atoms with Crippen LogP contribution in [-0.2, 0) is 30.3 Å². The van der Waals surface area contributed by atoms with Gasteiger partial charge in [0.1, 0.15) is 23.9 Å². The first kappa shape index (κ1) is 15.3. The summed E-state index contributed by atoms with van der Waals surface area (Å²) in [5, 5.41) is 2.08. The fourth-order valence-corrected chi connectivity index (χ4v) is 4.48. The van der Waals surface area contributed by atoms with Crippen molar-refractivity contribution in [1.29, 1.82) is 0 Å². The minimum absolute atomic E-state index is 0.0355. The summed E-state index contributed by atoms with van der Waals surface area (Å²) in [5.41, 5.74) is 0.842. The third-order valence-corrected chi connectivity index (χ3v) is 5.44. The Balaban J connectivity index is 1.51. The Morgan fingerprint density at radius 1 is 1.12 bits per heavy atom. The van der Waals surface area contributed by atoms with Gasteiger partial charge in [0.25, 0.3) is 0 Å². The van der Waals surface area contributed by atoms with E-state index >= 15 is 0 Å². The summed E-state index contributed by atoms with van der Waals surface area (Å²) in [4.78, 5) is 6.24. The molecule has 4 fully saturated rings. The number of fused-ring (bicyclic) bond motifs is 2. The summed E-state index contributed by atoms with van der Waals surface area (Å²) in [6, 6.07) is 10.4. The fraction of sp³-hybridized carbons (Fsp3) is 0.667. The molecular formula is C18H23NO5. The molecule has 4 saturated heterocycles. The topological polar surface area (TPSA) is 49.4 Å². The average Bonchev–Trinajstić information content (AvgIpc) is 3.07. The summed E-state index contributed by atoms with van der Waals surface area (Å²) in [7, 11) is 0. The normalized spacial score (nSPS) is 43.4. The van der Waals surface area contributed by atoms with Crippen LogP contribution in [0.15, 0.2) is 30.3 Å². The SMILES string of the molecule is CC1(C)O[C@H]2O[C@@H]3COC[C@@H]4C[C@@]3([C@H]2O1)N(Cc1ccccc1)O4. The zero-order chi connectivity index (χ0) is 16.4. The lowest BCUT2D eigenvalue weighted by atomic mass is 9.84. The number of ether oxygens (including phenoxy) is 4. The van der Waals surface area contributed by atoms with Crippen molar-refractivity contribution in [1.82, 2.24) is 5.06 Å². The van der Waals surface area contributed by atoms with Gasteiger partial charge in [-0.05, 0) is 19.4 Å². The molecule has 1 aromatic carbocycles. The lowest BCUT2D eigenvalue weighted by molar-refractivity contribution is -0.270. The lowest BCUT2D eigenvalue weighted by Gasteiger charge is -2.40. The molecule has 0 N–H and O–H groups in total. The molecule has 0 unspecified atom stereocenters. The second kappa shape index (κ2) is 5.24. The average molecular weight is 333 g/mol. The molecule has 1 spiro atoms. The van der Waals surface area contributed by atoms with Gasteiger partial charge in [0.05, 0.1) is 13.2 Å². The predicted octanol–water partition coefficient (Wildman–Crippen LogP) is 1.84. The molecule has 4 aliphatic heterocycles. The van der Waals surface area contributed by atoms with Gasteiger partial charge in [-0.25, -0.2) is 0 Å². The molecule has 6 heteroatoms. The van der Waals surface area contributed by atoms with Crippen LogP contribution in [0.25, 0.3) is 0 Å². The zero-order valence-corrected chi connectivity index (χ0v) is 14.0.